The molecule has 0 radical (unpaired) electrons. The summed E-state index contributed by atoms with van der Waals surface area (Å²) in [5.74, 6) is -0.248. The van der Waals surface area contributed by atoms with Gasteiger partial charge in [0.25, 0.3) is 0 Å². The number of hydrogen-bond donors (Lipinski definition) is 2. The van der Waals surface area contributed by atoms with Gasteiger partial charge >= 0.3 is 6.03 Å². The molecule has 92 valence electrons. The molecule has 16 heavy (non-hydrogen) atoms. The number of urea groups is 1. The lowest BCUT2D eigenvalue weighted by atomic mass is 10.3. The molecule has 1 unspecified atom stereocenters. The van der Waals surface area contributed by atoms with E-state index < -0.39 is 6.10 Å². The maximum absolute atomic E-state index is 11.5. The maximum Gasteiger partial charge on any atom is 0.327 e. The zero-order valence-corrected chi connectivity index (χ0v) is 9.77. The first-order chi connectivity index (χ1) is 7.56. The second-order valence-corrected chi connectivity index (χ2v) is 4.00. The van der Waals surface area contributed by atoms with Crippen molar-refractivity contribution in [3.8, 4) is 0 Å². The Morgan fingerprint density at radius 3 is 2.69 bits per heavy atom. The molecule has 0 spiro atoms. The summed E-state index contributed by atoms with van der Waals surface area (Å²) in [4.78, 5) is 25.3. The molecule has 2 N–H and O–H groups in total. The van der Waals surface area contributed by atoms with Crippen molar-refractivity contribution in [3.05, 3.63) is 0 Å². The molecule has 6 nitrogen and oxygen atoms in total. The van der Waals surface area contributed by atoms with Crippen LogP contribution in [0.5, 0.6) is 0 Å². The van der Waals surface area contributed by atoms with Crippen LogP contribution in [0.3, 0.4) is 0 Å². The minimum Gasteiger partial charge on any atom is -0.390 e. The smallest absolute Gasteiger partial charge is 0.327 e. The summed E-state index contributed by atoms with van der Waals surface area (Å²) in [6, 6.07) is -0.334. The lowest BCUT2D eigenvalue weighted by Crippen LogP contribution is -2.41. The predicted molar refractivity (Wildman–Crippen MR) is 58.9 cm³/mol. The van der Waals surface area contributed by atoms with E-state index in [0.717, 1.165) is 17.9 Å². The maximum atomic E-state index is 11.5. The van der Waals surface area contributed by atoms with Crippen LogP contribution in [0.25, 0.3) is 0 Å². The summed E-state index contributed by atoms with van der Waals surface area (Å²) in [7, 11) is 1.57. The molecule has 1 heterocycles. The lowest BCUT2D eigenvalue weighted by molar-refractivity contribution is -0.126. The molecule has 1 fully saturated rings. The number of β-amino-alcohol motifs (C(OH)–C–C–N with tert-alkyl or cyclic N) is 1. The summed E-state index contributed by atoms with van der Waals surface area (Å²) in [6.45, 7) is 3.42. The number of nitrogens with one attached hydrogen (secondary N) is 1. The van der Waals surface area contributed by atoms with E-state index in [1.165, 1.54) is 4.90 Å². The summed E-state index contributed by atoms with van der Waals surface area (Å²) in [5.41, 5.74) is 0. The Labute approximate surface area is 95.2 Å². The van der Waals surface area contributed by atoms with Gasteiger partial charge in [-0.25, -0.2) is 4.79 Å². The van der Waals surface area contributed by atoms with Crippen LogP contribution in [0.15, 0.2) is 0 Å². The van der Waals surface area contributed by atoms with Crippen molar-refractivity contribution < 1.29 is 14.7 Å². The van der Waals surface area contributed by atoms with Gasteiger partial charge in [0.05, 0.1) is 12.6 Å². The molecule has 1 aliphatic rings. The Bertz CT molecular complexity index is 270. The number of nitrogens with zero attached hydrogens (tertiary/aromatic N) is 2. The lowest BCUT2D eigenvalue weighted by Gasteiger charge is -2.18. The Kier molecular flexibility index (Phi) is 4.70. The van der Waals surface area contributed by atoms with Gasteiger partial charge in [0.1, 0.15) is 6.54 Å². The quantitative estimate of drug-likeness (QED) is 0.464. The molecule has 0 aromatic carbocycles. The van der Waals surface area contributed by atoms with E-state index in [0.29, 0.717) is 6.54 Å². The van der Waals surface area contributed by atoms with Crippen LogP contribution in [0, 0.1) is 0 Å². The van der Waals surface area contributed by atoms with Gasteiger partial charge in [0.2, 0.25) is 5.91 Å². The van der Waals surface area contributed by atoms with Crippen LogP contribution >= 0.6 is 0 Å². The molecule has 1 aliphatic heterocycles. The fraction of sp³-hybridized carbons (Fsp3) is 0.800. The third-order valence-corrected chi connectivity index (χ3v) is 2.43. The first-order valence-corrected chi connectivity index (χ1v) is 5.50. The fourth-order valence-corrected chi connectivity index (χ4v) is 1.57. The highest BCUT2D eigenvalue weighted by Gasteiger charge is 2.34. The predicted octanol–water partition coefficient (Wildman–Crippen LogP) is -0.759. The Hall–Kier alpha value is -1.14. The molecular weight excluding hydrogens is 210 g/mol. The molecule has 0 aromatic rings. The number of aliphatic hydroxyl groups is 1. The monoisotopic (exact) mass is 229 g/mol. The van der Waals surface area contributed by atoms with Crippen molar-refractivity contribution in [2.24, 2.45) is 0 Å². The van der Waals surface area contributed by atoms with Crippen molar-refractivity contribution in [1.29, 1.82) is 0 Å². The minimum absolute atomic E-state index is 0.0682. The number of imide groups is 1. The van der Waals surface area contributed by atoms with E-state index >= 15 is 0 Å². The Morgan fingerprint density at radius 2 is 2.19 bits per heavy atom. The molecule has 0 aliphatic carbocycles. The van der Waals surface area contributed by atoms with Crippen molar-refractivity contribution in [3.63, 3.8) is 0 Å². The van der Waals surface area contributed by atoms with Crippen molar-refractivity contribution in [1.82, 2.24) is 15.1 Å². The minimum atomic E-state index is -0.703. The molecule has 1 rings (SSSR count). The number of carbonyl (C=O) groups is 2. The second-order valence-electron chi connectivity index (χ2n) is 4.00. The van der Waals surface area contributed by atoms with Crippen LogP contribution in [0.4, 0.5) is 4.79 Å². The number of amides is 3. The zero-order valence-electron chi connectivity index (χ0n) is 9.77. The van der Waals surface area contributed by atoms with E-state index in [1.54, 1.807) is 7.05 Å². The fourth-order valence-electron chi connectivity index (χ4n) is 1.57. The van der Waals surface area contributed by atoms with Gasteiger partial charge in [-0.15, -0.1) is 0 Å². The molecule has 1 saturated heterocycles. The van der Waals surface area contributed by atoms with E-state index in [1.807, 2.05) is 6.92 Å². The molecule has 0 aromatic heterocycles. The van der Waals surface area contributed by atoms with Gasteiger partial charge in [-0.2, -0.15) is 0 Å². The second kappa shape index (κ2) is 5.81. The first kappa shape index (κ1) is 12.9. The number of aliphatic hydroxyl groups excluding tert-OH is 1. The number of rotatable bonds is 6. The largest absolute Gasteiger partial charge is 0.390 e. The molecule has 0 saturated carbocycles. The van der Waals surface area contributed by atoms with E-state index in [2.05, 4.69) is 5.32 Å². The van der Waals surface area contributed by atoms with Crippen LogP contribution in [0.1, 0.15) is 13.3 Å². The van der Waals surface area contributed by atoms with Gasteiger partial charge in [-0.3, -0.25) is 9.69 Å². The standard InChI is InChI=1S/C10H19N3O3/c1-3-4-11-5-8(14)6-13-9(15)7-12(2)10(13)16/h8,11,14H,3-7H2,1-2H3. The van der Waals surface area contributed by atoms with E-state index in [9.17, 15) is 14.7 Å². The van der Waals surface area contributed by atoms with Gasteiger partial charge in [-0.05, 0) is 13.0 Å². The van der Waals surface area contributed by atoms with E-state index in [4.69, 9.17) is 0 Å². The van der Waals surface area contributed by atoms with Gasteiger partial charge in [0, 0.05) is 13.6 Å². The zero-order chi connectivity index (χ0) is 12.1. The summed E-state index contributed by atoms with van der Waals surface area (Å²) in [5, 5.41) is 12.7. The third kappa shape index (κ3) is 3.18. The van der Waals surface area contributed by atoms with Gasteiger partial charge < -0.3 is 15.3 Å². The summed E-state index contributed by atoms with van der Waals surface area (Å²) in [6.07, 6.45) is 0.280. The van der Waals surface area contributed by atoms with Gasteiger partial charge in [0.15, 0.2) is 0 Å². The first-order valence-electron chi connectivity index (χ1n) is 5.50. The summed E-state index contributed by atoms with van der Waals surface area (Å²) < 4.78 is 0. The average Bonchev–Trinajstić information content (AvgIpc) is 2.46. The highest BCUT2D eigenvalue weighted by molar-refractivity contribution is 6.01. The molecule has 0 bridgehead atoms. The summed E-state index contributed by atoms with van der Waals surface area (Å²) >= 11 is 0. The Morgan fingerprint density at radius 1 is 1.50 bits per heavy atom. The SMILES string of the molecule is CCCNCC(O)CN1C(=O)CN(C)C1=O. The molecular formula is C10H19N3O3. The normalized spacial score (nSPS) is 18.4. The number of likely N-dealkylation sites (N-methyl/N-ethyl adjacent to an activating group) is 1. The highest BCUT2D eigenvalue weighted by atomic mass is 16.3. The average molecular weight is 229 g/mol. The van der Waals surface area contributed by atoms with Crippen molar-refractivity contribution >= 4 is 11.9 Å². The van der Waals surface area contributed by atoms with Crippen LogP contribution in [-0.4, -0.2) is 66.2 Å². The van der Waals surface area contributed by atoms with Crippen molar-refractivity contribution in [2.75, 3.05) is 33.2 Å². The molecule has 1 atom stereocenters. The topological polar surface area (TPSA) is 72.9 Å². The van der Waals surface area contributed by atoms with Crippen LogP contribution in [-0.2, 0) is 4.79 Å². The third-order valence-electron chi connectivity index (χ3n) is 2.43. The molecule has 3 amide bonds. The molecule has 6 heteroatoms. The number of hydrogen-bond acceptors (Lipinski definition) is 4. The van der Waals surface area contributed by atoms with Crippen molar-refractivity contribution in [2.45, 2.75) is 19.4 Å². The van der Waals surface area contributed by atoms with Crippen LogP contribution < -0.4 is 5.32 Å². The van der Waals surface area contributed by atoms with E-state index in [-0.39, 0.29) is 25.0 Å². The number of carbonyl (C=O) groups excluding carboxylic acids is 2. The van der Waals surface area contributed by atoms with Gasteiger partial charge in [-0.1, -0.05) is 6.92 Å². The highest BCUT2D eigenvalue weighted by Crippen LogP contribution is 2.08. The van der Waals surface area contributed by atoms with Crippen LogP contribution in [0.2, 0.25) is 0 Å². The Balaban J connectivity index is 2.35.